The van der Waals surface area contributed by atoms with Crippen molar-refractivity contribution in [2.45, 2.75) is 79.6 Å². The number of fused-ring (bicyclic) bond motifs is 2. The first-order valence-electron chi connectivity index (χ1n) is 17.6. The van der Waals surface area contributed by atoms with E-state index in [1.807, 2.05) is 52.0 Å². The maximum atomic E-state index is 11.7. The van der Waals surface area contributed by atoms with E-state index in [1.54, 1.807) is 6.20 Å². The van der Waals surface area contributed by atoms with E-state index >= 15 is 0 Å². The molecule has 1 N–H and O–H groups in total. The number of ketones is 1. The van der Waals surface area contributed by atoms with Gasteiger partial charge in [-0.15, -0.1) is 0 Å². The minimum atomic E-state index is -0.200. The van der Waals surface area contributed by atoms with Crippen molar-refractivity contribution in [2.75, 3.05) is 0 Å². The number of carbonyl (C=O) groups is 1. The fourth-order valence-corrected chi connectivity index (χ4v) is 7.43. The van der Waals surface area contributed by atoms with Crippen LogP contribution in [0.1, 0.15) is 85.2 Å². The van der Waals surface area contributed by atoms with Crippen LogP contribution in [-0.2, 0) is 30.3 Å². The van der Waals surface area contributed by atoms with Gasteiger partial charge in [0.05, 0.1) is 5.76 Å². The summed E-state index contributed by atoms with van der Waals surface area (Å²) in [6.45, 7) is 14.7. The summed E-state index contributed by atoms with van der Waals surface area (Å²) in [5.41, 5.74) is 3.98. The summed E-state index contributed by atoms with van der Waals surface area (Å²) in [5, 5.41) is 12.6. The van der Waals surface area contributed by atoms with Crippen LogP contribution in [0.15, 0.2) is 90.7 Å². The zero-order chi connectivity index (χ0) is 35.3. The van der Waals surface area contributed by atoms with E-state index in [-0.39, 0.29) is 87.6 Å². The van der Waals surface area contributed by atoms with Crippen LogP contribution >= 0.6 is 0 Å². The van der Waals surface area contributed by atoms with Crippen molar-refractivity contribution >= 4 is 40.7 Å². The summed E-state index contributed by atoms with van der Waals surface area (Å²) in [5.74, 6) is 0.547. The summed E-state index contributed by atoms with van der Waals surface area (Å²) < 4.78 is 34.2. The van der Waals surface area contributed by atoms with Crippen LogP contribution < -0.4 is 0 Å². The third kappa shape index (κ3) is 9.14. The van der Waals surface area contributed by atoms with Gasteiger partial charge in [-0.25, -0.2) is 0 Å². The molecular weight excluding hydrogens is 798 g/mol. The van der Waals surface area contributed by atoms with Crippen molar-refractivity contribution in [3.8, 4) is 21.3 Å². The van der Waals surface area contributed by atoms with Gasteiger partial charge in [0.1, 0.15) is 0 Å². The number of nitrogens with zero attached hydrogens (tertiary/aromatic N) is 1. The van der Waals surface area contributed by atoms with Gasteiger partial charge in [0.15, 0.2) is 5.78 Å². The second-order valence-corrected chi connectivity index (χ2v) is 14.4. The van der Waals surface area contributed by atoms with Crippen LogP contribution in [0.25, 0.3) is 41.7 Å². The Balaban J connectivity index is 0.000000347. The van der Waals surface area contributed by atoms with E-state index in [2.05, 4.69) is 56.1 Å². The Morgan fingerprint density at radius 2 is 1.64 bits per heavy atom. The average molecular weight is 848 g/mol. The molecule has 2 heterocycles. The molecule has 5 aromatic rings. The van der Waals surface area contributed by atoms with Crippen molar-refractivity contribution in [2.24, 2.45) is 11.8 Å². The second kappa shape index (κ2) is 16.7. The van der Waals surface area contributed by atoms with Crippen molar-refractivity contribution < 1.29 is 35.5 Å². The number of aromatic nitrogens is 1. The largest absolute Gasteiger partial charge is 0 e. The fraction of sp³-hybridized carbons (Fsp3) is 0.350. The zero-order valence-corrected chi connectivity index (χ0v) is 31.4. The minimum absolute atomic E-state index is 0. The molecule has 0 bridgehead atoms. The molecule has 5 rings (SSSR count). The molecule has 0 unspecified atom stereocenters. The van der Waals surface area contributed by atoms with Crippen molar-refractivity contribution in [3.05, 3.63) is 102 Å². The molecule has 2 aromatic heterocycles. The molecule has 0 aliphatic carbocycles. The van der Waals surface area contributed by atoms with Crippen LogP contribution in [0.3, 0.4) is 0 Å². The number of allylic oxidation sites excluding steroid dienone is 2. The SMILES string of the molecule is CCC(CC)C(=O)/C=C(\O)C(CC)CC.[2H]c1c([2H])c([2H])c2[se]c(-c3ccnc(-c4[c-]c5ccccc5c(C(C)(C)C)c4)c3)cc2c1[2H].[Ir]. The number of hydrogen-bond donors (Lipinski definition) is 1. The smallest absolute Gasteiger partial charge is 0 e. The number of pyridine rings is 1. The molecule has 1 radical (unpaired) electrons. The van der Waals surface area contributed by atoms with Crippen LogP contribution in [0.4, 0.5) is 0 Å². The molecule has 0 aliphatic heterocycles. The molecule has 45 heavy (non-hydrogen) atoms. The van der Waals surface area contributed by atoms with Crippen LogP contribution in [0.2, 0.25) is 0 Å². The summed E-state index contributed by atoms with van der Waals surface area (Å²) >= 11 is -0.200. The summed E-state index contributed by atoms with van der Waals surface area (Å²) in [6.07, 6.45) is 6.70. The Bertz CT molecular complexity index is 1910. The third-order valence-electron chi connectivity index (χ3n) is 8.15. The summed E-state index contributed by atoms with van der Waals surface area (Å²) in [7, 11) is 0. The van der Waals surface area contributed by atoms with Crippen molar-refractivity contribution in [1.82, 2.24) is 4.98 Å². The molecular formula is C40H46IrNO2Se-. The maximum Gasteiger partial charge on any atom is 0 e. The molecule has 0 aliphatic rings. The Kier molecular flexibility index (Phi) is 11.4. The predicted octanol–water partition coefficient (Wildman–Crippen LogP) is 10.7. The average Bonchev–Trinajstić information content (AvgIpc) is 3.53. The molecule has 3 aromatic carbocycles. The minimum Gasteiger partial charge on any atom is 0 e. The first kappa shape index (κ1) is 30.8. The Morgan fingerprint density at radius 3 is 2.31 bits per heavy atom. The third-order valence-corrected chi connectivity index (χ3v) is 10.5. The molecule has 0 saturated heterocycles. The van der Waals surface area contributed by atoms with Gasteiger partial charge in [-0.3, -0.25) is 4.79 Å². The van der Waals surface area contributed by atoms with Gasteiger partial charge in [-0.05, 0) is 25.7 Å². The molecule has 0 saturated carbocycles. The number of aliphatic hydroxyl groups is 1. The number of benzene rings is 3. The van der Waals surface area contributed by atoms with E-state index in [9.17, 15) is 9.90 Å². The quantitative estimate of drug-likeness (QED) is 0.0696. The number of rotatable bonds is 9. The van der Waals surface area contributed by atoms with Crippen LogP contribution in [0, 0.1) is 17.9 Å². The van der Waals surface area contributed by atoms with Crippen LogP contribution in [0.5, 0.6) is 0 Å². The van der Waals surface area contributed by atoms with E-state index in [4.69, 9.17) is 5.48 Å². The predicted molar refractivity (Wildman–Crippen MR) is 188 cm³/mol. The first-order valence-corrected chi connectivity index (χ1v) is 17.3. The topological polar surface area (TPSA) is 50.2 Å². The molecule has 0 amide bonds. The number of carbonyl (C=O) groups excluding carboxylic acids is 1. The second-order valence-electron chi connectivity index (χ2n) is 12.2. The van der Waals surface area contributed by atoms with Crippen molar-refractivity contribution in [1.29, 1.82) is 0 Å². The van der Waals surface area contributed by atoms with E-state index in [1.165, 1.54) is 17.0 Å². The fourth-order valence-electron chi connectivity index (χ4n) is 5.40. The van der Waals surface area contributed by atoms with E-state index < -0.39 is 0 Å². The van der Waals surface area contributed by atoms with Gasteiger partial charge >= 0.3 is 183 Å². The molecule has 0 atom stereocenters. The normalized spacial score (nSPS) is 13.1. The van der Waals surface area contributed by atoms with Gasteiger partial charge in [0, 0.05) is 38.0 Å². The zero-order valence-electron chi connectivity index (χ0n) is 31.3. The standard InChI is InChI=1S/C27H22NSe.C13H24O2.Ir/c1-27(2,3)23-15-21(14-18-8-4-6-10-22(18)23)24-16-20(12-13-28-24)26-17-19-9-5-7-11-25(19)29-26;1-5-10(6-2)12(14)9-13(15)11(7-3)8-4;/h4-13,15-17H,1-3H3;9-11,14H,5-8H2,1-4H3;/q-1;;/b;12-9-;/i5D,7D,9D,11D;;. The molecule has 5 heteroatoms. The van der Waals surface area contributed by atoms with E-state index in [0.29, 0.717) is 9.65 Å². The molecule has 0 fully saturated rings. The Morgan fingerprint density at radius 1 is 0.978 bits per heavy atom. The Labute approximate surface area is 294 Å². The van der Waals surface area contributed by atoms with Gasteiger partial charge in [-0.1, -0.05) is 27.7 Å². The van der Waals surface area contributed by atoms with Crippen LogP contribution in [-0.4, -0.2) is 30.4 Å². The summed E-state index contributed by atoms with van der Waals surface area (Å²) in [4.78, 5) is 16.4. The van der Waals surface area contributed by atoms with E-state index in [0.717, 1.165) is 52.3 Å². The maximum absolute atomic E-state index is 11.7. The van der Waals surface area contributed by atoms with Gasteiger partial charge < -0.3 is 5.11 Å². The molecule has 239 valence electrons. The first-order chi connectivity index (χ1) is 22.7. The monoisotopic (exact) mass is 849 g/mol. The number of aliphatic hydroxyl groups excluding tert-OH is 1. The summed E-state index contributed by atoms with van der Waals surface area (Å²) in [6, 6.07) is 19.7. The molecule has 3 nitrogen and oxygen atoms in total. The number of hydrogen-bond acceptors (Lipinski definition) is 3. The Hall–Kier alpha value is -2.81. The van der Waals surface area contributed by atoms with Gasteiger partial charge in [0.2, 0.25) is 0 Å². The van der Waals surface area contributed by atoms with Gasteiger partial charge in [0.25, 0.3) is 0 Å². The van der Waals surface area contributed by atoms with Gasteiger partial charge in [-0.2, -0.15) is 0 Å². The molecule has 0 spiro atoms. The van der Waals surface area contributed by atoms with Crippen molar-refractivity contribution in [3.63, 3.8) is 0 Å².